The molecular weight excluding hydrogens is 715 g/mol. The summed E-state index contributed by atoms with van der Waals surface area (Å²) in [7, 11) is 0. The smallest absolute Gasteiger partial charge is 0.164 e. The Labute approximate surface area is 335 Å². The third-order valence-electron chi connectivity index (χ3n) is 10.5. The zero-order valence-corrected chi connectivity index (χ0v) is 31.1. The average Bonchev–Trinajstić information content (AvgIpc) is 3.30. The Morgan fingerprint density at radius 2 is 0.621 bits per heavy atom. The Morgan fingerprint density at radius 3 is 1.09 bits per heavy atom. The second kappa shape index (κ2) is 13.9. The number of hydrogen-bond acceptors (Lipinski definition) is 7. The highest BCUT2D eigenvalue weighted by atomic mass is 16.5. The number of nitrogens with zero attached hydrogens (tertiary/aromatic N) is 5. The lowest BCUT2D eigenvalue weighted by atomic mass is 10.0. The Bertz CT molecular complexity index is 2900. The van der Waals surface area contributed by atoms with Gasteiger partial charge in [0, 0.05) is 28.1 Å². The third kappa shape index (κ3) is 5.90. The monoisotopic (exact) mass is 747 g/mol. The van der Waals surface area contributed by atoms with Gasteiger partial charge in [-0.05, 0) is 96.1 Å². The standard InChI is InChI=1S/C51H33N5O2/c1-4-14-34(15-5-1)49-52-50(35-16-6-2-7-17-35)54-51(53-49)36-24-28-40(29-25-36)56-42-21-11-13-23-46(42)58-48-33-38(27-31-44(48)56)37-26-30-43-47(32-37)57-45-22-12-10-20-41(45)55(43)39-18-8-3-9-19-39/h1-33H. The summed E-state index contributed by atoms with van der Waals surface area (Å²) in [6.07, 6.45) is 0. The highest BCUT2D eigenvalue weighted by Gasteiger charge is 2.28. The first-order chi connectivity index (χ1) is 28.7. The Morgan fingerprint density at radius 1 is 0.276 bits per heavy atom. The maximum absolute atomic E-state index is 6.62. The molecule has 0 radical (unpaired) electrons. The topological polar surface area (TPSA) is 63.6 Å². The van der Waals surface area contributed by atoms with E-state index in [9.17, 15) is 0 Å². The first kappa shape index (κ1) is 33.3. The van der Waals surface area contributed by atoms with Crippen LogP contribution >= 0.6 is 0 Å². The number of para-hydroxylation sites is 5. The molecule has 3 heterocycles. The van der Waals surface area contributed by atoms with Gasteiger partial charge < -0.3 is 19.3 Å². The van der Waals surface area contributed by atoms with Gasteiger partial charge in [-0.1, -0.05) is 115 Å². The van der Waals surface area contributed by atoms with Crippen molar-refractivity contribution in [1.29, 1.82) is 0 Å². The Balaban J connectivity index is 0.954. The van der Waals surface area contributed by atoms with Crippen LogP contribution in [0.2, 0.25) is 0 Å². The summed E-state index contributed by atoms with van der Waals surface area (Å²) in [6.45, 7) is 0. The summed E-state index contributed by atoms with van der Waals surface area (Å²) in [5, 5.41) is 0. The Hall–Kier alpha value is -8.03. The van der Waals surface area contributed by atoms with Crippen molar-refractivity contribution in [1.82, 2.24) is 15.0 Å². The number of aromatic nitrogens is 3. The molecule has 0 bridgehead atoms. The highest BCUT2D eigenvalue weighted by molar-refractivity contribution is 5.90. The minimum Gasteiger partial charge on any atom is -0.453 e. The first-order valence-corrected chi connectivity index (χ1v) is 19.2. The van der Waals surface area contributed by atoms with Gasteiger partial charge in [-0.2, -0.15) is 0 Å². The molecule has 1 aromatic heterocycles. The van der Waals surface area contributed by atoms with Crippen LogP contribution in [0.4, 0.5) is 34.1 Å². The van der Waals surface area contributed by atoms with Crippen LogP contribution in [0.5, 0.6) is 23.0 Å². The van der Waals surface area contributed by atoms with Gasteiger partial charge in [0.2, 0.25) is 0 Å². The minimum atomic E-state index is 0.607. The van der Waals surface area contributed by atoms with E-state index in [1.54, 1.807) is 0 Å². The van der Waals surface area contributed by atoms with Crippen LogP contribution in [0.15, 0.2) is 200 Å². The second-order valence-electron chi connectivity index (χ2n) is 14.1. The predicted molar refractivity (Wildman–Crippen MR) is 231 cm³/mol. The van der Waals surface area contributed by atoms with Crippen LogP contribution in [0, 0.1) is 0 Å². The molecule has 7 nitrogen and oxygen atoms in total. The number of ether oxygens (including phenoxy) is 2. The molecule has 0 amide bonds. The van der Waals surface area contributed by atoms with E-state index in [0.717, 1.165) is 84.9 Å². The van der Waals surface area contributed by atoms with Gasteiger partial charge in [-0.15, -0.1) is 0 Å². The molecule has 0 spiro atoms. The van der Waals surface area contributed by atoms with E-state index < -0.39 is 0 Å². The first-order valence-electron chi connectivity index (χ1n) is 19.2. The molecule has 8 aromatic carbocycles. The van der Waals surface area contributed by atoms with Crippen molar-refractivity contribution >= 4 is 34.1 Å². The van der Waals surface area contributed by atoms with E-state index in [1.807, 2.05) is 103 Å². The number of benzene rings is 8. The molecular formula is C51H33N5O2. The van der Waals surface area contributed by atoms with Crippen LogP contribution in [0.1, 0.15) is 0 Å². The molecule has 0 aliphatic carbocycles. The Kier molecular flexibility index (Phi) is 8.00. The van der Waals surface area contributed by atoms with Crippen molar-refractivity contribution in [3.8, 4) is 68.3 Å². The summed E-state index contributed by atoms with van der Waals surface area (Å²) < 4.78 is 13.2. The molecule has 58 heavy (non-hydrogen) atoms. The molecule has 2 aliphatic heterocycles. The van der Waals surface area contributed by atoms with Crippen molar-refractivity contribution in [2.45, 2.75) is 0 Å². The zero-order valence-electron chi connectivity index (χ0n) is 31.1. The number of fused-ring (bicyclic) bond motifs is 4. The highest BCUT2D eigenvalue weighted by Crippen LogP contribution is 2.53. The molecule has 0 N–H and O–H groups in total. The summed E-state index contributed by atoms with van der Waals surface area (Å²) in [5.74, 6) is 5.00. The quantitative estimate of drug-likeness (QED) is 0.168. The largest absolute Gasteiger partial charge is 0.453 e. The average molecular weight is 748 g/mol. The van der Waals surface area contributed by atoms with Gasteiger partial charge in [0.25, 0.3) is 0 Å². The number of rotatable bonds is 6. The lowest BCUT2D eigenvalue weighted by Gasteiger charge is -2.34. The molecule has 2 aliphatic rings. The molecule has 0 saturated carbocycles. The van der Waals surface area contributed by atoms with E-state index in [2.05, 4.69) is 107 Å². The fourth-order valence-electron chi connectivity index (χ4n) is 7.70. The second-order valence-corrected chi connectivity index (χ2v) is 14.1. The SMILES string of the molecule is c1ccc(-c2nc(-c3ccccc3)nc(-c3ccc(N4c5ccccc5Oc5cc(-c6ccc7c(c6)Oc6ccccc6N7c6ccccc6)ccc54)cc3)n2)cc1. The molecule has 11 rings (SSSR count). The van der Waals surface area contributed by atoms with Crippen LogP contribution in [-0.2, 0) is 0 Å². The van der Waals surface area contributed by atoms with E-state index in [4.69, 9.17) is 24.4 Å². The molecule has 0 unspecified atom stereocenters. The van der Waals surface area contributed by atoms with E-state index in [-0.39, 0.29) is 0 Å². The fourth-order valence-corrected chi connectivity index (χ4v) is 7.70. The maximum Gasteiger partial charge on any atom is 0.164 e. The van der Waals surface area contributed by atoms with E-state index >= 15 is 0 Å². The van der Waals surface area contributed by atoms with Gasteiger partial charge in [0.15, 0.2) is 40.5 Å². The molecule has 7 heteroatoms. The van der Waals surface area contributed by atoms with E-state index in [1.165, 1.54) is 0 Å². The van der Waals surface area contributed by atoms with Crippen LogP contribution < -0.4 is 19.3 Å². The van der Waals surface area contributed by atoms with Crippen molar-refractivity contribution in [2.24, 2.45) is 0 Å². The van der Waals surface area contributed by atoms with Crippen molar-refractivity contribution in [3.05, 3.63) is 200 Å². The van der Waals surface area contributed by atoms with Crippen molar-refractivity contribution in [3.63, 3.8) is 0 Å². The maximum atomic E-state index is 6.62. The molecule has 0 atom stereocenters. The fraction of sp³-hybridized carbons (Fsp3) is 0. The number of hydrogen-bond donors (Lipinski definition) is 0. The van der Waals surface area contributed by atoms with Gasteiger partial charge >= 0.3 is 0 Å². The summed E-state index contributed by atoms with van der Waals surface area (Å²) >= 11 is 0. The van der Waals surface area contributed by atoms with Crippen LogP contribution in [0.25, 0.3) is 45.3 Å². The van der Waals surface area contributed by atoms with Gasteiger partial charge in [0.05, 0.1) is 22.7 Å². The molecule has 0 saturated heterocycles. The summed E-state index contributed by atoms with van der Waals surface area (Å²) in [6, 6.07) is 67.9. The van der Waals surface area contributed by atoms with Crippen molar-refractivity contribution in [2.75, 3.05) is 9.80 Å². The molecule has 0 fully saturated rings. The third-order valence-corrected chi connectivity index (χ3v) is 10.5. The predicted octanol–water partition coefficient (Wildman–Crippen LogP) is 13.7. The summed E-state index contributed by atoms with van der Waals surface area (Å²) in [5.41, 5.74) is 10.7. The molecule has 9 aromatic rings. The van der Waals surface area contributed by atoms with Gasteiger partial charge in [-0.3, -0.25) is 0 Å². The number of anilines is 6. The lowest BCUT2D eigenvalue weighted by Crippen LogP contribution is -2.16. The van der Waals surface area contributed by atoms with Crippen LogP contribution in [-0.4, -0.2) is 15.0 Å². The van der Waals surface area contributed by atoms with Crippen molar-refractivity contribution < 1.29 is 9.47 Å². The van der Waals surface area contributed by atoms with Gasteiger partial charge in [0.1, 0.15) is 0 Å². The normalized spacial score (nSPS) is 12.3. The van der Waals surface area contributed by atoms with Crippen LogP contribution in [0.3, 0.4) is 0 Å². The van der Waals surface area contributed by atoms with Gasteiger partial charge in [-0.25, -0.2) is 15.0 Å². The lowest BCUT2D eigenvalue weighted by molar-refractivity contribution is 0.476. The summed E-state index contributed by atoms with van der Waals surface area (Å²) in [4.78, 5) is 19.2. The zero-order chi connectivity index (χ0) is 38.4. The minimum absolute atomic E-state index is 0.607. The molecule has 274 valence electrons. The van der Waals surface area contributed by atoms with E-state index in [0.29, 0.717) is 17.5 Å².